The normalized spacial score (nSPS) is 11.8. The van der Waals surface area contributed by atoms with Gasteiger partial charge in [0, 0.05) is 0 Å². The smallest absolute Gasteiger partial charge is 0.298 e. The summed E-state index contributed by atoms with van der Waals surface area (Å²) in [6.45, 7) is 1.07. The molecule has 0 unspecified atom stereocenters. The number of benzene rings is 1. The van der Waals surface area contributed by atoms with Crippen molar-refractivity contribution in [1.82, 2.24) is 9.55 Å². The third-order valence-corrected chi connectivity index (χ3v) is 2.55. The van der Waals surface area contributed by atoms with Crippen LogP contribution in [0.1, 0.15) is 12.5 Å². The third kappa shape index (κ3) is 2.49. The molecule has 2 rings (SSSR count). The van der Waals surface area contributed by atoms with Crippen LogP contribution in [0.25, 0.3) is 10.9 Å². The molecule has 0 saturated heterocycles. The number of carbonyl (C=O) groups is 1. The van der Waals surface area contributed by atoms with E-state index in [9.17, 15) is 22.8 Å². The topological polar surface area (TPSA) is 52.0 Å². The maximum absolute atomic E-state index is 12.8. The van der Waals surface area contributed by atoms with Crippen molar-refractivity contribution in [1.29, 1.82) is 0 Å². The number of carbonyl (C=O) groups excluding carboxylic acids is 1. The molecule has 0 atom stereocenters. The van der Waals surface area contributed by atoms with Crippen LogP contribution in [0, 0.1) is 0 Å². The number of halogens is 3. The van der Waals surface area contributed by atoms with Crippen molar-refractivity contribution in [3.63, 3.8) is 0 Å². The molecule has 0 fully saturated rings. The number of fused-ring (bicyclic) bond motifs is 1. The molecule has 1 aromatic carbocycles. The number of hydrogen-bond acceptors (Lipinski definition) is 3. The van der Waals surface area contributed by atoms with E-state index in [2.05, 4.69) is 4.98 Å². The van der Waals surface area contributed by atoms with Gasteiger partial charge in [-0.1, -0.05) is 6.07 Å². The van der Waals surface area contributed by atoms with E-state index in [0.29, 0.717) is 0 Å². The standard InChI is InChI=1S/C12H9F3N2O2/c1-7(18)5-17-6-16-10-8(11(17)19)3-2-4-9(10)12(13,14)15/h2-4,6H,5H2,1H3. The molecule has 0 bridgehead atoms. The average molecular weight is 270 g/mol. The number of nitrogens with zero attached hydrogens (tertiary/aromatic N) is 2. The highest BCUT2D eigenvalue weighted by Crippen LogP contribution is 2.32. The molecule has 0 spiro atoms. The quantitative estimate of drug-likeness (QED) is 0.838. The average Bonchev–Trinajstić information content (AvgIpc) is 2.30. The summed E-state index contributed by atoms with van der Waals surface area (Å²) in [4.78, 5) is 26.6. The van der Waals surface area contributed by atoms with Crippen molar-refractivity contribution in [3.8, 4) is 0 Å². The molecule has 1 heterocycles. The maximum atomic E-state index is 12.8. The highest BCUT2D eigenvalue weighted by molar-refractivity contribution is 5.82. The largest absolute Gasteiger partial charge is 0.418 e. The SMILES string of the molecule is CC(=O)Cn1cnc2c(C(F)(F)F)cccc2c1=O. The van der Waals surface area contributed by atoms with E-state index < -0.39 is 22.8 Å². The Bertz CT molecular complexity index is 704. The first-order chi connectivity index (χ1) is 8.80. The molecule has 0 N–H and O–H groups in total. The van der Waals surface area contributed by atoms with Gasteiger partial charge in [0.25, 0.3) is 5.56 Å². The molecule has 0 aliphatic carbocycles. The van der Waals surface area contributed by atoms with E-state index in [1.807, 2.05) is 0 Å². The summed E-state index contributed by atoms with van der Waals surface area (Å²) in [6, 6.07) is 3.27. The Labute approximate surface area is 105 Å². The van der Waals surface area contributed by atoms with E-state index in [0.717, 1.165) is 23.0 Å². The van der Waals surface area contributed by atoms with Gasteiger partial charge >= 0.3 is 6.18 Å². The molecule has 7 heteroatoms. The minimum atomic E-state index is -4.58. The third-order valence-electron chi connectivity index (χ3n) is 2.55. The first-order valence-electron chi connectivity index (χ1n) is 5.35. The highest BCUT2D eigenvalue weighted by Gasteiger charge is 2.33. The van der Waals surface area contributed by atoms with Gasteiger partial charge in [0.2, 0.25) is 0 Å². The summed E-state index contributed by atoms with van der Waals surface area (Å²) < 4.78 is 39.3. The van der Waals surface area contributed by atoms with Gasteiger partial charge in [0.05, 0.1) is 29.3 Å². The van der Waals surface area contributed by atoms with Crippen molar-refractivity contribution in [2.45, 2.75) is 19.6 Å². The summed E-state index contributed by atoms with van der Waals surface area (Å²) in [7, 11) is 0. The number of ketones is 1. The van der Waals surface area contributed by atoms with Gasteiger partial charge < -0.3 is 0 Å². The lowest BCUT2D eigenvalue weighted by Gasteiger charge is -2.10. The van der Waals surface area contributed by atoms with Gasteiger partial charge in [-0.3, -0.25) is 14.2 Å². The molecule has 100 valence electrons. The monoisotopic (exact) mass is 270 g/mol. The van der Waals surface area contributed by atoms with Crippen LogP contribution in [0.3, 0.4) is 0 Å². The van der Waals surface area contributed by atoms with Gasteiger partial charge in [-0.25, -0.2) is 4.98 Å². The minimum absolute atomic E-state index is 0.154. The molecule has 0 aliphatic rings. The second-order valence-electron chi connectivity index (χ2n) is 4.08. The van der Waals surface area contributed by atoms with Crippen molar-refractivity contribution in [2.75, 3.05) is 0 Å². The van der Waals surface area contributed by atoms with E-state index >= 15 is 0 Å². The molecule has 0 aliphatic heterocycles. The predicted octanol–water partition coefficient (Wildman–Crippen LogP) is 2.00. The zero-order chi connectivity index (χ0) is 14.2. The van der Waals surface area contributed by atoms with E-state index in [4.69, 9.17) is 0 Å². The predicted molar refractivity (Wildman–Crippen MR) is 61.7 cm³/mol. The molecule has 0 amide bonds. The molecule has 2 aromatic rings. The fourth-order valence-electron chi connectivity index (χ4n) is 1.77. The Morgan fingerprint density at radius 2 is 2.05 bits per heavy atom. The van der Waals surface area contributed by atoms with E-state index in [1.54, 1.807) is 0 Å². The van der Waals surface area contributed by atoms with Gasteiger partial charge in [0.15, 0.2) is 0 Å². The number of para-hydroxylation sites is 1. The van der Waals surface area contributed by atoms with Crippen LogP contribution in [0.4, 0.5) is 13.2 Å². The van der Waals surface area contributed by atoms with Gasteiger partial charge in [0.1, 0.15) is 5.78 Å². The molecule has 19 heavy (non-hydrogen) atoms. The second-order valence-corrected chi connectivity index (χ2v) is 4.08. The number of rotatable bonds is 2. The van der Waals surface area contributed by atoms with Gasteiger partial charge in [-0.15, -0.1) is 0 Å². The maximum Gasteiger partial charge on any atom is 0.418 e. The second kappa shape index (κ2) is 4.49. The Morgan fingerprint density at radius 3 is 2.63 bits per heavy atom. The Hall–Kier alpha value is -2.18. The highest BCUT2D eigenvalue weighted by atomic mass is 19.4. The minimum Gasteiger partial charge on any atom is -0.298 e. The van der Waals surface area contributed by atoms with Crippen molar-refractivity contribution >= 4 is 16.7 Å². The van der Waals surface area contributed by atoms with Crippen LogP contribution in [0.5, 0.6) is 0 Å². The molecule has 0 saturated carbocycles. The lowest BCUT2D eigenvalue weighted by molar-refractivity contribution is -0.136. The number of alkyl halides is 3. The molecular weight excluding hydrogens is 261 g/mol. The Kier molecular flexibility index (Phi) is 3.13. The molecule has 0 radical (unpaired) electrons. The van der Waals surface area contributed by atoms with E-state index in [1.165, 1.54) is 13.0 Å². The summed E-state index contributed by atoms with van der Waals surface area (Å²) in [5.41, 5.74) is -2.02. The van der Waals surface area contributed by atoms with Crippen LogP contribution >= 0.6 is 0 Å². The number of Topliss-reactive ketones (excluding diaryl/α,β-unsaturated/α-hetero) is 1. The Morgan fingerprint density at radius 1 is 1.37 bits per heavy atom. The van der Waals surface area contributed by atoms with Crippen LogP contribution < -0.4 is 5.56 Å². The number of aromatic nitrogens is 2. The summed E-state index contributed by atoms with van der Waals surface area (Å²) in [6.07, 6.45) is -3.62. The Balaban J connectivity index is 2.73. The lowest BCUT2D eigenvalue weighted by atomic mass is 10.1. The number of hydrogen-bond donors (Lipinski definition) is 0. The van der Waals surface area contributed by atoms with Crippen molar-refractivity contribution in [2.24, 2.45) is 0 Å². The molecule has 1 aromatic heterocycles. The van der Waals surface area contributed by atoms with Crippen molar-refractivity contribution < 1.29 is 18.0 Å². The molecule has 4 nitrogen and oxygen atoms in total. The van der Waals surface area contributed by atoms with Gasteiger partial charge in [-0.2, -0.15) is 13.2 Å². The summed E-state index contributed by atoms with van der Waals surface area (Å²) in [5, 5.41) is -0.154. The van der Waals surface area contributed by atoms with E-state index in [-0.39, 0.29) is 17.7 Å². The van der Waals surface area contributed by atoms with Crippen molar-refractivity contribution in [3.05, 3.63) is 40.4 Å². The van der Waals surface area contributed by atoms with Gasteiger partial charge in [-0.05, 0) is 19.1 Å². The zero-order valence-corrected chi connectivity index (χ0v) is 9.86. The lowest BCUT2D eigenvalue weighted by Crippen LogP contribution is -2.24. The zero-order valence-electron chi connectivity index (χ0n) is 9.86. The first-order valence-corrected chi connectivity index (χ1v) is 5.35. The van der Waals surface area contributed by atoms with Crippen LogP contribution in [-0.2, 0) is 17.5 Å². The fraction of sp³-hybridized carbons (Fsp3) is 0.250. The molecular formula is C12H9F3N2O2. The first kappa shape index (κ1) is 13.3. The van der Waals surface area contributed by atoms with Crippen LogP contribution in [-0.4, -0.2) is 15.3 Å². The fourth-order valence-corrected chi connectivity index (χ4v) is 1.77. The summed E-state index contributed by atoms with van der Waals surface area (Å²) in [5.74, 6) is -0.282. The van der Waals surface area contributed by atoms with Crippen LogP contribution in [0.15, 0.2) is 29.3 Å². The summed E-state index contributed by atoms with van der Waals surface area (Å²) >= 11 is 0. The van der Waals surface area contributed by atoms with Crippen LogP contribution in [0.2, 0.25) is 0 Å².